The lowest BCUT2D eigenvalue weighted by atomic mass is 10.1. The monoisotopic (exact) mass is 218 g/mol. The molecule has 2 rings (SSSR count). The summed E-state index contributed by atoms with van der Waals surface area (Å²) in [6, 6.07) is 7.63. The summed E-state index contributed by atoms with van der Waals surface area (Å²) in [5, 5.41) is 12.1. The molecule has 0 bridgehead atoms. The topological polar surface area (TPSA) is 54.3 Å². The predicted octanol–water partition coefficient (Wildman–Crippen LogP) is 2.38. The van der Waals surface area contributed by atoms with Crippen LogP contribution in [-0.2, 0) is 0 Å². The zero-order valence-corrected chi connectivity index (χ0v) is 9.36. The number of nitrogens with one attached hydrogen (secondary N) is 1. The van der Waals surface area contributed by atoms with Crippen LogP contribution in [0.4, 0.5) is 5.69 Å². The molecule has 1 heterocycles. The van der Waals surface area contributed by atoms with Gasteiger partial charge < -0.3 is 14.8 Å². The van der Waals surface area contributed by atoms with Crippen molar-refractivity contribution in [3.63, 3.8) is 0 Å². The first-order valence-corrected chi connectivity index (χ1v) is 5.26. The summed E-state index contributed by atoms with van der Waals surface area (Å²) < 4.78 is 10.5. The quantitative estimate of drug-likeness (QED) is 0.846. The van der Waals surface area contributed by atoms with E-state index >= 15 is 0 Å². The first-order valence-electron chi connectivity index (χ1n) is 5.26. The molecule has 1 aromatic carbocycles. The van der Waals surface area contributed by atoms with E-state index < -0.39 is 0 Å². The molecule has 0 radical (unpaired) electrons. The number of anilines is 1. The summed E-state index contributed by atoms with van der Waals surface area (Å²) in [6.45, 7) is 4.28. The van der Waals surface area contributed by atoms with E-state index in [1.54, 1.807) is 0 Å². The van der Waals surface area contributed by atoms with Gasteiger partial charge in [-0.2, -0.15) is 5.26 Å². The van der Waals surface area contributed by atoms with Gasteiger partial charge in [0.05, 0.1) is 6.07 Å². The lowest BCUT2D eigenvalue weighted by molar-refractivity contribution is 0.174. The van der Waals surface area contributed by atoms with Gasteiger partial charge in [0.2, 0.25) is 6.79 Å². The summed E-state index contributed by atoms with van der Waals surface area (Å²) in [5.74, 6) is 1.74. The summed E-state index contributed by atoms with van der Waals surface area (Å²) in [4.78, 5) is 0. The molecule has 1 atom stereocenters. The number of ether oxygens (including phenoxy) is 2. The van der Waals surface area contributed by atoms with Crippen LogP contribution in [0.15, 0.2) is 18.2 Å². The first kappa shape index (κ1) is 10.6. The fourth-order valence-corrected chi connectivity index (χ4v) is 1.51. The third kappa shape index (κ3) is 2.03. The largest absolute Gasteiger partial charge is 0.454 e. The van der Waals surface area contributed by atoms with Crippen molar-refractivity contribution < 1.29 is 9.47 Å². The van der Waals surface area contributed by atoms with Crippen molar-refractivity contribution in [1.82, 2.24) is 0 Å². The van der Waals surface area contributed by atoms with E-state index in [4.69, 9.17) is 14.7 Å². The van der Waals surface area contributed by atoms with Crippen LogP contribution in [0.1, 0.15) is 13.8 Å². The molecule has 16 heavy (non-hydrogen) atoms. The van der Waals surface area contributed by atoms with E-state index in [-0.39, 0.29) is 18.8 Å². The Morgan fingerprint density at radius 1 is 1.31 bits per heavy atom. The third-order valence-electron chi connectivity index (χ3n) is 2.50. The molecule has 1 unspecified atom stereocenters. The Labute approximate surface area is 94.8 Å². The number of nitriles is 1. The maximum absolute atomic E-state index is 8.98. The Morgan fingerprint density at radius 2 is 2.06 bits per heavy atom. The predicted molar refractivity (Wildman–Crippen MR) is 60.4 cm³/mol. The lowest BCUT2D eigenvalue weighted by Gasteiger charge is -2.16. The van der Waals surface area contributed by atoms with Crippen LogP contribution >= 0.6 is 0 Å². The van der Waals surface area contributed by atoms with Gasteiger partial charge in [0, 0.05) is 11.8 Å². The van der Waals surface area contributed by atoms with Crippen molar-refractivity contribution in [3.05, 3.63) is 18.2 Å². The second kappa shape index (κ2) is 4.31. The second-order valence-corrected chi connectivity index (χ2v) is 4.06. The van der Waals surface area contributed by atoms with Crippen LogP contribution < -0.4 is 14.8 Å². The van der Waals surface area contributed by atoms with Crippen molar-refractivity contribution in [1.29, 1.82) is 5.26 Å². The number of hydrogen-bond acceptors (Lipinski definition) is 4. The molecule has 0 aromatic heterocycles. The highest BCUT2D eigenvalue weighted by molar-refractivity contribution is 5.56. The maximum atomic E-state index is 8.98. The molecule has 1 aliphatic rings. The van der Waals surface area contributed by atoms with Crippen LogP contribution in [0.5, 0.6) is 11.5 Å². The molecule has 1 aromatic rings. The van der Waals surface area contributed by atoms with Gasteiger partial charge in [-0.15, -0.1) is 0 Å². The number of hydrogen-bond donors (Lipinski definition) is 1. The molecule has 0 amide bonds. The Balaban J connectivity index is 2.14. The molecule has 0 saturated heterocycles. The van der Waals surface area contributed by atoms with Crippen molar-refractivity contribution >= 4 is 5.69 Å². The van der Waals surface area contributed by atoms with Gasteiger partial charge in [-0.3, -0.25) is 0 Å². The summed E-state index contributed by atoms with van der Waals surface area (Å²) in [5.41, 5.74) is 0.879. The SMILES string of the molecule is CC(C)C(C#N)Nc1ccc2c(c1)OCO2. The zero-order valence-electron chi connectivity index (χ0n) is 9.36. The van der Waals surface area contributed by atoms with E-state index in [1.807, 2.05) is 32.0 Å². The van der Waals surface area contributed by atoms with E-state index in [0.29, 0.717) is 0 Å². The van der Waals surface area contributed by atoms with Crippen molar-refractivity contribution in [2.75, 3.05) is 12.1 Å². The van der Waals surface area contributed by atoms with Crippen LogP contribution in [0.25, 0.3) is 0 Å². The highest BCUT2D eigenvalue weighted by Gasteiger charge is 2.16. The molecule has 1 N–H and O–H groups in total. The van der Waals surface area contributed by atoms with Gasteiger partial charge in [0.15, 0.2) is 11.5 Å². The van der Waals surface area contributed by atoms with Gasteiger partial charge in [0.1, 0.15) is 6.04 Å². The minimum Gasteiger partial charge on any atom is -0.454 e. The van der Waals surface area contributed by atoms with Crippen molar-refractivity contribution in [2.45, 2.75) is 19.9 Å². The van der Waals surface area contributed by atoms with Crippen molar-refractivity contribution in [3.8, 4) is 17.6 Å². The molecule has 4 nitrogen and oxygen atoms in total. The number of nitrogens with zero attached hydrogens (tertiary/aromatic N) is 1. The molecule has 84 valence electrons. The Morgan fingerprint density at radius 3 is 2.75 bits per heavy atom. The molecular formula is C12H14N2O2. The maximum Gasteiger partial charge on any atom is 0.231 e. The molecule has 0 aliphatic carbocycles. The number of fused-ring (bicyclic) bond motifs is 1. The minimum atomic E-state index is -0.194. The Bertz CT molecular complexity index is 424. The highest BCUT2D eigenvalue weighted by atomic mass is 16.7. The van der Waals surface area contributed by atoms with Crippen LogP contribution in [0.3, 0.4) is 0 Å². The molecule has 4 heteroatoms. The van der Waals surface area contributed by atoms with Gasteiger partial charge >= 0.3 is 0 Å². The number of rotatable bonds is 3. The van der Waals surface area contributed by atoms with E-state index in [9.17, 15) is 0 Å². The fraction of sp³-hybridized carbons (Fsp3) is 0.417. The third-order valence-corrected chi connectivity index (χ3v) is 2.50. The van der Waals surface area contributed by atoms with Gasteiger partial charge in [0.25, 0.3) is 0 Å². The minimum absolute atomic E-state index is 0.194. The summed E-state index contributed by atoms with van der Waals surface area (Å²) in [7, 11) is 0. The second-order valence-electron chi connectivity index (χ2n) is 4.06. The summed E-state index contributed by atoms with van der Waals surface area (Å²) in [6.07, 6.45) is 0. The lowest BCUT2D eigenvalue weighted by Crippen LogP contribution is -2.23. The first-order chi connectivity index (χ1) is 7.70. The molecule has 0 spiro atoms. The van der Waals surface area contributed by atoms with Crippen molar-refractivity contribution in [2.24, 2.45) is 5.92 Å². The smallest absolute Gasteiger partial charge is 0.231 e. The zero-order chi connectivity index (χ0) is 11.5. The van der Waals surface area contributed by atoms with Crippen LogP contribution in [0, 0.1) is 17.2 Å². The van der Waals surface area contributed by atoms with E-state index in [1.165, 1.54) is 0 Å². The van der Waals surface area contributed by atoms with Gasteiger partial charge in [-0.1, -0.05) is 13.8 Å². The highest BCUT2D eigenvalue weighted by Crippen LogP contribution is 2.34. The average molecular weight is 218 g/mol. The van der Waals surface area contributed by atoms with Gasteiger partial charge in [-0.25, -0.2) is 0 Å². The van der Waals surface area contributed by atoms with Gasteiger partial charge in [-0.05, 0) is 18.1 Å². The Kier molecular flexibility index (Phi) is 2.86. The molecule has 0 fully saturated rings. The van der Waals surface area contributed by atoms with E-state index in [0.717, 1.165) is 17.2 Å². The Hall–Kier alpha value is -1.89. The standard InChI is InChI=1S/C12H14N2O2/c1-8(2)10(6-13)14-9-3-4-11-12(5-9)16-7-15-11/h3-5,8,10,14H,7H2,1-2H3. The molecule has 0 saturated carbocycles. The number of benzene rings is 1. The van der Waals surface area contributed by atoms with Crippen LogP contribution in [-0.4, -0.2) is 12.8 Å². The average Bonchev–Trinajstić information content (AvgIpc) is 2.72. The van der Waals surface area contributed by atoms with E-state index in [2.05, 4.69) is 11.4 Å². The summed E-state index contributed by atoms with van der Waals surface area (Å²) >= 11 is 0. The normalized spacial score (nSPS) is 14.6. The molecule has 1 aliphatic heterocycles. The van der Waals surface area contributed by atoms with Crippen LogP contribution in [0.2, 0.25) is 0 Å². The molecular weight excluding hydrogens is 204 g/mol. The fourth-order valence-electron chi connectivity index (χ4n) is 1.51.